The molecule has 1 atom stereocenters. The molecule has 0 aromatic heterocycles. The Morgan fingerprint density at radius 2 is 1.60 bits per heavy atom. The molecule has 0 aliphatic carbocycles. The van der Waals surface area contributed by atoms with E-state index in [0.717, 1.165) is 5.56 Å². The Bertz CT molecular complexity index is 1130. The van der Waals surface area contributed by atoms with E-state index in [2.05, 4.69) is 10.0 Å². The largest absolute Gasteiger partial charge is 0.481 e. The van der Waals surface area contributed by atoms with E-state index in [1.54, 1.807) is 43.3 Å². The van der Waals surface area contributed by atoms with Crippen molar-refractivity contribution < 1.29 is 17.9 Å². The van der Waals surface area contributed by atoms with Crippen LogP contribution in [0.2, 0.25) is 5.02 Å². The van der Waals surface area contributed by atoms with Crippen molar-refractivity contribution in [3.8, 4) is 5.75 Å². The van der Waals surface area contributed by atoms with Crippen molar-refractivity contribution in [3.05, 3.63) is 83.4 Å². The van der Waals surface area contributed by atoms with E-state index in [1.807, 2.05) is 19.1 Å². The molecule has 0 fully saturated rings. The molecule has 0 aliphatic rings. The molecule has 0 bridgehead atoms. The van der Waals surface area contributed by atoms with Gasteiger partial charge in [-0.15, -0.1) is 0 Å². The van der Waals surface area contributed by atoms with Gasteiger partial charge in [0.1, 0.15) is 5.75 Å². The lowest BCUT2D eigenvalue weighted by atomic mass is 10.2. The molecule has 156 valence electrons. The molecule has 0 heterocycles. The number of nitrogens with one attached hydrogen (secondary N) is 2. The third kappa shape index (κ3) is 5.52. The lowest BCUT2D eigenvalue weighted by Gasteiger charge is -2.15. The van der Waals surface area contributed by atoms with Gasteiger partial charge in [-0.1, -0.05) is 41.4 Å². The van der Waals surface area contributed by atoms with Crippen LogP contribution in [0.3, 0.4) is 0 Å². The van der Waals surface area contributed by atoms with E-state index in [0.29, 0.717) is 22.1 Å². The Kier molecular flexibility index (Phi) is 6.64. The lowest BCUT2D eigenvalue weighted by Crippen LogP contribution is -2.30. The fraction of sp³-hybridized carbons (Fsp3) is 0.136. The van der Waals surface area contributed by atoms with Crippen molar-refractivity contribution in [3.63, 3.8) is 0 Å². The molecule has 3 aromatic rings. The fourth-order valence-electron chi connectivity index (χ4n) is 2.58. The number of hydrogen-bond acceptors (Lipinski definition) is 4. The fourth-order valence-corrected chi connectivity index (χ4v) is 3.90. The first-order valence-electron chi connectivity index (χ1n) is 9.16. The average Bonchev–Trinajstić information content (AvgIpc) is 2.71. The lowest BCUT2D eigenvalue weighted by molar-refractivity contribution is -0.122. The van der Waals surface area contributed by atoms with Crippen LogP contribution >= 0.6 is 11.6 Å². The summed E-state index contributed by atoms with van der Waals surface area (Å²) in [6, 6.07) is 19.8. The molecule has 3 rings (SSSR count). The molecular formula is C22H21ClN2O4S. The molecule has 8 heteroatoms. The average molecular weight is 445 g/mol. The predicted molar refractivity (Wildman–Crippen MR) is 119 cm³/mol. The topological polar surface area (TPSA) is 84.5 Å². The summed E-state index contributed by atoms with van der Waals surface area (Å²) in [6.45, 7) is 3.61. The number of para-hydroxylation sites is 1. The van der Waals surface area contributed by atoms with E-state index < -0.39 is 16.1 Å². The standard InChI is InChI=1S/C22H21ClN2O4S/c1-15-7-11-18(12-8-15)29-16(2)22(26)24-17-9-13-19(14-10-17)30(27,28)25-21-6-4-3-5-20(21)23/h3-14,16,25H,1-2H3,(H,24,26)/t16-/m1/s1. The van der Waals surface area contributed by atoms with Crippen LogP contribution in [0, 0.1) is 6.92 Å². The molecule has 0 radical (unpaired) electrons. The first kappa shape index (κ1) is 21.7. The van der Waals surface area contributed by atoms with E-state index in [4.69, 9.17) is 16.3 Å². The second kappa shape index (κ2) is 9.19. The zero-order valence-corrected chi connectivity index (χ0v) is 18.0. The van der Waals surface area contributed by atoms with Crippen molar-refractivity contribution in [2.45, 2.75) is 24.8 Å². The number of aryl methyl sites for hydroxylation is 1. The summed E-state index contributed by atoms with van der Waals surface area (Å²) in [7, 11) is -3.81. The van der Waals surface area contributed by atoms with Crippen LogP contribution in [-0.4, -0.2) is 20.4 Å². The Morgan fingerprint density at radius 3 is 2.23 bits per heavy atom. The number of anilines is 2. The third-order valence-electron chi connectivity index (χ3n) is 4.25. The van der Waals surface area contributed by atoms with Crippen molar-refractivity contribution >= 4 is 38.9 Å². The van der Waals surface area contributed by atoms with E-state index in [9.17, 15) is 13.2 Å². The summed E-state index contributed by atoms with van der Waals surface area (Å²) in [5, 5.41) is 3.01. The molecule has 0 spiro atoms. The summed E-state index contributed by atoms with van der Waals surface area (Å²) in [4.78, 5) is 12.4. The summed E-state index contributed by atoms with van der Waals surface area (Å²) in [6.07, 6.45) is -0.724. The monoisotopic (exact) mass is 444 g/mol. The molecular weight excluding hydrogens is 424 g/mol. The Morgan fingerprint density at radius 1 is 0.967 bits per heavy atom. The highest BCUT2D eigenvalue weighted by Crippen LogP contribution is 2.24. The summed E-state index contributed by atoms with van der Waals surface area (Å²) >= 11 is 6.01. The number of carbonyl (C=O) groups is 1. The number of sulfonamides is 1. The number of benzene rings is 3. The second-order valence-electron chi connectivity index (χ2n) is 6.67. The van der Waals surface area contributed by atoms with Gasteiger partial charge in [0.25, 0.3) is 15.9 Å². The number of carbonyl (C=O) groups excluding carboxylic acids is 1. The summed E-state index contributed by atoms with van der Waals surface area (Å²) in [5.41, 5.74) is 1.84. The van der Waals surface area contributed by atoms with Gasteiger partial charge in [-0.25, -0.2) is 8.42 Å². The molecule has 3 aromatic carbocycles. The van der Waals surface area contributed by atoms with Crippen molar-refractivity contribution in [2.75, 3.05) is 10.0 Å². The Hall–Kier alpha value is -3.03. The molecule has 0 unspecified atom stereocenters. The molecule has 30 heavy (non-hydrogen) atoms. The number of halogens is 1. The maximum absolute atomic E-state index is 12.5. The highest BCUT2D eigenvalue weighted by atomic mass is 35.5. The predicted octanol–water partition coefficient (Wildman–Crippen LogP) is 4.86. The maximum Gasteiger partial charge on any atom is 0.265 e. The van der Waals surface area contributed by atoms with E-state index >= 15 is 0 Å². The summed E-state index contributed by atoms with van der Waals surface area (Å²) in [5.74, 6) is 0.246. The summed E-state index contributed by atoms with van der Waals surface area (Å²) < 4.78 is 33.2. The minimum atomic E-state index is -3.81. The Labute approximate surface area is 180 Å². The molecule has 0 saturated carbocycles. The molecule has 6 nitrogen and oxygen atoms in total. The molecule has 0 saturated heterocycles. The zero-order chi connectivity index (χ0) is 21.7. The maximum atomic E-state index is 12.5. The quantitative estimate of drug-likeness (QED) is 0.545. The van der Waals surface area contributed by atoms with Gasteiger partial charge in [0, 0.05) is 5.69 Å². The van der Waals surface area contributed by atoms with Crippen LogP contribution in [0.5, 0.6) is 5.75 Å². The van der Waals surface area contributed by atoms with Gasteiger partial charge in [0.15, 0.2) is 6.10 Å². The van der Waals surface area contributed by atoms with E-state index in [1.165, 1.54) is 24.3 Å². The van der Waals surface area contributed by atoms with E-state index in [-0.39, 0.29) is 10.8 Å². The first-order chi connectivity index (χ1) is 14.2. The van der Waals surface area contributed by atoms with Crippen molar-refractivity contribution in [2.24, 2.45) is 0 Å². The van der Waals surface area contributed by atoms with Gasteiger partial charge < -0.3 is 10.1 Å². The normalized spacial score (nSPS) is 12.1. The van der Waals surface area contributed by atoms with Crippen LogP contribution in [0.15, 0.2) is 77.7 Å². The van der Waals surface area contributed by atoms with Crippen LogP contribution in [0.1, 0.15) is 12.5 Å². The van der Waals surface area contributed by atoms with Crippen LogP contribution in [-0.2, 0) is 14.8 Å². The van der Waals surface area contributed by atoms with Crippen molar-refractivity contribution in [1.29, 1.82) is 0 Å². The van der Waals surface area contributed by atoms with Crippen molar-refractivity contribution in [1.82, 2.24) is 0 Å². The van der Waals surface area contributed by atoms with Crippen LogP contribution in [0.25, 0.3) is 0 Å². The number of amides is 1. The van der Waals surface area contributed by atoms with Gasteiger partial charge in [-0.05, 0) is 62.4 Å². The Balaban J connectivity index is 1.64. The number of ether oxygens (including phenoxy) is 1. The molecule has 1 amide bonds. The SMILES string of the molecule is Cc1ccc(O[C@H](C)C(=O)Nc2ccc(S(=O)(=O)Nc3ccccc3Cl)cc2)cc1. The zero-order valence-electron chi connectivity index (χ0n) is 16.4. The highest BCUT2D eigenvalue weighted by Gasteiger charge is 2.17. The number of rotatable bonds is 7. The van der Waals surface area contributed by atoms with Gasteiger partial charge in [-0.3, -0.25) is 9.52 Å². The minimum Gasteiger partial charge on any atom is -0.481 e. The number of hydrogen-bond donors (Lipinski definition) is 2. The highest BCUT2D eigenvalue weighted by molar-refractivity contribution is 7.92. The van der Waals surface area contributed by atoms with Gasteiger partial charge in [0.2, 0.25) is 0 Å². The smallest absolute Gasteiger partial charge is 0.265 e. The van der Waals surface area contributed by atoms with Gasteiger partial charge >= 0.3 is 0 Å². The first-order valence-corrected chi connectivity index (χ1v) is 11.0. The van der Waals surface area contributed by atoms with Gasteiger partial charge in [0.05, 0.1) is 15.6 Å². The third-order valence-corrected chi connectivity index (χ3v) is 5.96. The minimum absolute atomic E-state index is 0.0457. The second-order valence-corrected chi connectivity index (χ2v) is 8.76. The van der Waals surface area contributed by atoms with Crippen LogP contribution in [0.4, 0.5) is 11.4 Å². The van der Waals surface area contributed by atoms with Crippen LogP contribution < -0.4 is 14.8 Å². The molecule has 0 aliphatic heterocycles. The molecule has 2 N–H and O–H groups in total. The van der Waals surface area contributed by atoms with Gasteiger partial charge in [-0.2, -0.15) is 0 Å².